The summed E-state index contributed by atoms with van der Waals surface area (Å²) in [6.07, 6.45) is -6.87. The fraction of sp³-hybridized carbons (Fsp3) is 0.259. The molecule has 12 rings (SSSR count). The maximum absolute atomic E-state index is 17.2. The van der Waals surface area contributed by atoms with Crippen molar-refractivity contribution in [1.29, 1.82) is 0 Å². The number of hydrogen-bond donors (Lipinski definition) is 2. The monoisotopic (exact) mass is 1380 g/mol. The minimum absolute atomic E-state index is 0.0598. The molecule has 0 radical (unpaired) electrons. The molecule has 5 unspecified atom stereocenters. The number of aliphatic hydroxyl groups is 2. The lowest BCUT2D eigenvalue weighted by Crippen LogP contribution is -2.72. The molecule has 11 aromatic rings. The van der Waals surface area contributed by atoms with Crippen molar-refractivity contribution in [2.24, 2.45) is 0 Å². The smallest absolute Gasteiger partial charge is 0.319 e. The largest absolute Gasteiger partial charge is 0.534 e. The first-order chi connectivity index (χ1) is 47.2. The number of benzene rings is 10. The van der Waals surface area contributed by atoms with Crippen LogP contribution in [0.2, 0.25) is 20.2 Å². The molecular formula is C85H92O10Si4. The van der Waals surface area contributed by atoms with E-state index in [-0.39, 0.29) is 33.3 Å². The Morgan fingerprint density at radius 2 is 0.687 bits per heavy atom. The number of aliphatic hydroxyl groups excluding tert-OH is 2. The third-order valence-corrected chi connectivity index (χ3v) is 39.7. The van der Waals surface area contributed by atoms with Gasteiger partial charge in [0.05, 0.1) is 6.10 Å². The summed E-state index contributed by atoms with van der Waals surface area (Å²) in [5, 5.41) is 31.1. The quantitative estimate of drug-likeness (QED) is 0.0756. The highest BCUT2D eigenvalue weighted by Gasteiger charge is 2.58. The summed E-state index contributed by atoms with van der Waals surface area (Å²) in [6, 6.07) is 94.1. The van der Waals surface area contributed by atoms with Crippen LogP contribution in [0.3, 0.4) is 0 Å². The molecule has 508 valence electrons. The lowest BCUT2D eigenvalue weighted by atomic mass is 10.00. The third kappa shape index (κ3) is 12.9. The summed E-state index contributed by atoms with van der Waals surface area (Å²) in [7, 11) is -13.8. The highest BCUT2D eigenvalue weighted by molar-refractivity contribution is 7.02. The molecule has 1 aromatic heterocycles. The van der Waals surface area contributed by atoms with Gasteiger partial charge in [-0.05, 0) is 92.8 Å². The maximum Gasteiger partial charge on any atom is 0.319 e. The van der Waals surface area contributed by atoms with Crippen LogP contribution < -0.4 is 64.9 Å². The van der Waals surface area contributed by atoms with Gasteiger partial charge < -0.3 is 41.8 Å². The lowest BCUT2D eigenvalue weighted by molar-refractivity contribution is -0.263. The van der Waals surface area contributed by atoms with Gasteiger partial charge in [-0.25, -0.2) is 0 Å². The molecule has 2 N–H and O–H groups in total. The predicted octanol–water partition coefficient (Wildman–Crippen LogP) is 14.1. The standard InChI is InChI=1S/C85H92O10Si4/c1-60-75(86)77(88)80(95-99(85(11,12)13,70-50-34-20-35-51-70)71-52-36-21-37-53-71)81(89-60)91-79-76(87)74-72(90-78(79)61-54-56-62(57-55-61)92-96(82(2,3)4,64-38-22-14-23-39-64)65-40-24-15-25-41-65)58-63(93-97(83(5,6)7,66-42-26-16-27-43-66)67-44-28-17-29-45-67)59-73(74)94-98(84(8,9)10,68-46-30-18-31-47-68)69-48-32-19-33-49-69/h14-60,75,77,80-81,86,88H,1-13H3. The molecule has 10 nitrogen and oxygen atoms in total. The molecule has 0 saturated carbocycles. The molecule has 5 atom stereocenters. The van der Waals surface area contributed by atoms with E-state index >= 15 is 4.79 Å². The van der Waals surface area contributed by atoms with Gasteiger partial charge in [-0.1, -0.05) is 326 Å². The Hall–Kier alpha value is -8.68. The first kappa shape index (κ1) is 70.2. The van der Waals surface area contributed by atoms with E-state index in [2.05, 4.69) is 229 Å². The van der Waals surface area contributed by atoms with Gasteiger partial charge in [-0.2, -0.15) is 0 Å². The van der Waals surface area contributed by atoms with Gasteiger partial charge in [0.1, 0.15) is 46.5 Å². The Bertz CT molecular complexity index is 4400. The Morgan fingerprint density at radius 1 is 0.374 bits per heavy atom. The molecule has 1 aliphatic heterocycles. The Kier molecular flexibility index (Phi) is 19.7. The van der Waals surface area contributed by atoms with E-state index in [9.17, 15) is 10.2 Å². The first-order valence-corrected chi connectivity index (χ1v) is 42.0. The SMILES string of the molecule is CC1OC(Oc2c(-c3ccc(O[Si](c4ccccc4)(c4ccccc4)C(C)(C)C)cc3)oc3cc(O[Si](c4ccccc4)(c4ccccc4)C(C)(C)C)cc(O[Si](c4ccccc4)(c4ccccc4)C(C)(C)C)c3c2=O)C(O[Si](c2ccccc2)(c2ccccc2)C(C)(C)C)C(O)C1O. The van der Waals surface area contributed by atoms with E-state index in [1.165, 1.54) is 0 Å². The number of rotatable bonds is 19. The lowest BCUT2D eigenvalue weighted by Gasteiger charge is -2.49. The molecule has 1 aliphatic rings. The van der Waals surface area contributed by atoms with Crippen LogP contribution in [-0.2, 0) is 9.16 Å². The highest BCUT2D eigenvalue weighted by Crippen LogP contribution is 2.47. The summed E-state index contributed by atoms with van der Waals surface area (Å²) in [4.78, 5) is 17.2. The normalized spacial score (nSPS) is 17.4. The van der Waals surface area contributed by atoms with Crippen molar-refractivity contribution >= 4 is 85.7 Å². The minimum atomic E-state index is -3.63. The van der Waals surface area contributed by atoms with Crippen LogP contribution in [0.4, 0.5) is 0 Å². The van der Waals surface area contributed by atoms with Crippen molar-refractivity contribution in [2.45, 2.75) is 141 Å². The van der Waals surface area contributed by atoms with Gasteiger partial charge in [0.15, 0.2) is 5.76 Å². The molecule has 1 fully saturated rings. The molecule has 10 aromatic carbocycles. The van der Waals surface area contributed by atoms with Crippen molar-refractivity contribution in [2.75, 3.05) is 0 Å². The third-order valence-electron chi connectivity index (χ3n) is 19.8. The summed E-state index contributed by atoms with van der Waals surface area (Å²) >= 11 is 0. The average Bonchev–Trinajstić information content (AvgIpc) is 0.740. The van der Waals surface area contributed by atoms with Crippen LogP contribution in [0.1, 0.15) is 90.0 Å². The van der Waals surface area contributed by atoms with Crippen molar-refractivity contribution in [3.8, 4) is 34.3 Å². The van der Waals surface area contributed by atoms with Gasteiger partial charge in [-0.3, -0.25) is 4.79 Å². The van der Waals surface area contributed by atoms with Crippen molar-refractivity contribution in [3.63, 3.8) is 0 Å². The molecule has 0 amide bonds. The van der Waals surface area contributed by atoms with Crippen molar-refractivity contribution < 1.29 is 41.8 Å². The van der Waals surface area contributed by atoms with Crippen LogP contribution in [0.5, 0.6) is 23.0 Å². The predicted molar refractivity (Wildman–Crippen MR) is 412 cm³/mol. The van der Waals surface area contributed by atoms with Crippen LogP contribution >= 0.6 is 0 Å². The van der Waals surface area contributed by atoms with Gasteiger partial charge >= 0.3 is 25.0 Å². The summed E-state index contributed by atoms with van der Waals surface area (Å²) < 4.78 is 53.3. The fourth-order valence-corrected chi connectivity index (χ4v) is 33.0. The van der Waals surface area contributed by atoms with Crippen LogP contribution in [-0.4, -0.2) is 74.2 Å². The zero-order chi connectivity index (χ0) is 70.2. The molecule has 0 bridgehead atoms. The van der Waals surface area contributed by atoms with E-state index in [4.69, 9.17) is 31.6 Å². The van der Waals surface area contributed by atoms with E-state index in [0.29, 0.717) is 17.1 Å². The second kappa shape index (κ2) is 27.8. The zero-order valence-electron chi connectivity index (χ0n) is 59.1. The molecule has 0 aliphatic carbocycles. The molecule has 14 heteroatoms. The van der Waals surface area contributed by atoms with Gasteiger partial charge in [0.25, 0.3) is 8.32 Å². The molecule has 99 heavy (non-hydrogen) atoms. The van der Waals surface area contributed by atoms with E-state index < -0.39 is 84.5 Å². The summed E-state index contributed by atoms with van der Waals surface area (Å²) in [5.41, 5.74) is 0.0668. The van der Waals surface area contributed by atoms with Gasteiger partial charge in [0.2, 0.25) is 17.5 Å². The second-order valence-corrected chi connectivity index (χ2v) is 47.2. The Balaban J connectivity index is 1.15. The van der Waals surface area contributed by atoms with E-state index in [1.807, 2.05) is 133 Å². The Labute approximate surface area is 588 Å². The average molecular weight is 1390 g/mol. The van der Waals surface area contributed by atoms with E-state index in [0.717, 1.165) is 41.5 Å². The molecule has 1 saturated heterocycles. The van der Waals surface area contributed by atoms with E-state index in [1.54, 1.807) is 6.92 Å². The second-order valence-electron chi connectivity index (χ2n) is 30.3. The van der Waals surface area contributed by atoms with Crippen LogP contribution in [0.15, 0.2) is 288 Å². The molecule has 2 heterocycles. The topological polar surface area (TPSA) is 126 Å². The number of fused-ring (bicyclic) bond motifs is 1. The summed E-state index contributed by atoms with van der Waals surface area (Å²) in [5.74, 6) is 1.10. The van der Waals surface area contributed by atoms with Crippen LogP contribution in [0.25, 0.3) is 22.3 Å². The maximum atomic E-state index is 17.2. The van der Waals surface area contributed by atoms with Gasteiger partial charge in [0, 0.05) is 17.7 Å². The van der Waals surface area contributed by atoms with Crippen molar-refractivity contribution in [3.05, 3.63) is 289 Å². The fourth-order valence-electron chi connectivity index (χ4n) is 15.1. The minimum Gasteiger partial charge on any atom is -0.534 e. The van der Waals surface area contributed by atoms with Crippen LogP contribution in [0, 0.1) is 0 Å². The first-order valence-electron chi connectivity index (χ1n) is 34.4. The zero-order valence-corrected chi connectivity index (χ0v) is 63.1. The number of ether oxygens (including phenoxy) is 2. The number of hydrogen-bond acceptors (Lipinski definition) is 10. The Morgan fingerprint density at radius 3 is 1.02 bits per heavy atom. The highest BCUT2D eigenvalue weighted by atomic mass is 28.4. The van der Waals surface area contributed by atoms with Gasteiger partial charge in [-0.15, -0.1) is 0 Å². The molecular weight excluding hydrogens is 1290 g/mol. The summed E-state index contributed by atoms with van der Waals surface area (Å²) in [6.45, 7) is 28.1. The van der Waals surface area contributed by atoms with Crippen molar-refractivity contribution in [1.82, 2.24) is 0 Å². The molecule has 0 spiro atoms.